The molecule has 1 N–H and O–H groups in total. The molecule has 0 amide bonds. The number of carboxylic acids is 1. The van der Waals surface area contributed by atoms with E-state index in [1.54, 1.807) is 0 Å². The predicted octanol–water partition coefficient (Wildman–Crippen LogP) is 3.01. The first-order valence-electron chi connectivity index (χ1n) is 6.39. The fourth-order valence-electron chi connectivity index (χ4n) is 1.97. The Kier molecular flexibility index (Phi) is 6.20. The van der Waals surface area contributed by atoms with Crippen LogP contribution < -0.4 is 0 Å². The number of benzene rings is 1. The Morgan fingerprint density at radius 1 is 1.24 bits per heavy atom. The van der Waals surface area contributed by atoms with Crippen LogP contribution in [0.4, 0.5) is 13.2 Å². The second kappa shape index (κ2) is 7.66. The lowest BCUT2D eigenvalue weighted by Crippen LogP contribution is -2.19. The number of carboxylic acid groups (broad SMARTS) is 1. The molecule has 21 heavy (non-hydrogen) atoms. The topological polar surface area (TPSA) is 63.6 Å². The van der Waals surface area contributed by atoms with Gasteiger partial charge in [0.25, 0.3) is 0 Å². The molecule has 0 spiro atoms. The zero-order valence-electron chi connectivity index (χ0n) is 11.4. The molecule has 0 aliphatic rings. The predicted molar refractivity (Wildman–Crippen MR) is 67.2 cm³/mol. The summed E-state index contributed by atoms with van der Waals surface area (Å²) in [5.41, 5.74) is -0.597. The summed E-state index contributed by atoms with van der Waals surface area (Å²) in [5, 5.41) is 8.57. The molecule has 0 radical (unpaired) electrons. The van der Waals surface area contributed by atoms with Gasteiger partial charge in [-0.3, -0.25) is 9.59 Å². The van der Waals surface area contributed by atoms with Crippen molar-refractivity contribution in [3.8, 4) is 0 Å². The fourth-order valence-corrected chi connectivity index (χ4v) is 1.97. The Hall–Kier alpha value is -2.05. The van der Waals surface area contributed by atoms with E-state index in [-0.39, 0.29) is 25.9 Å². The maximum atomic E-state index is 13.7. The summed E-state index contributed by atoms with van der Waals surface area (Å²) in [6, 6.07) is 0.948. The molecule has 0 saturated carbocycles. The third-order valence-corrected chi connectivity index (χ3v) is 2.85. The number of carbonyl (C=O) groups is 2. The van der Waals surface area contributed by atoms with Crippen LogP contribution in [0.15, 0.2) is 12.1 Å². The Bertz CT molecular complexity index is 508. The standard InChI is InChI=1S/C14H15F3O4/c1-2-21-14(20)9(4-3-5-12(18)19)13-10(16)6-8(15)7-11(13)17/h6-7,9H,2-5H2,1H3,(H,18,19). The van der Waals surface area contributed by atoms with E-state index < -0.39 is 40.9 Å². The maximum absolute atomic E-state index is 13.7. The summed E-state index contributed by atoms with van der Waals surface area (Å²) in [6.45, 7) is 1.54. The minimum absolute atomic E-state index is 0.0126. The van der Waals surface area contributed by atoms with E-state index in [1.165, 1.54) is 6.92 Å². The highest BCUT2D eigenvalue weighted by atomic mass is 19.1. The molecule has 7 heteroatoms. The van der Waals surface area contributed by atoms with Gasteiger partial charge in [-0.15, -0.1) is 0 Å². The molecule has 0 saturated heterocycles. The molecule has 0 aliphatic carbocycles. The molecule has 1 unspecified atom stereocenters. The van der Waals surface area contributed by atoms with Gasteiger partial charge in [0.2, 0.25) is 0 Å². The van der Waals surface area contributed by atoms with Crippen molar-refractivity contribution in [3.05, 3.63) is 35.1 Å². The zero-order chi connectivity index (χ0) is 16.0. The molecule has 0 fully saturated rings. The molecule has 4 nitrogen and oxygen atoms in total. The summed E-state index contributed by atoms with van der Waals surface area (Å²) >= 11 is 0. The summed E-state index contributed by atoms with van der Waals surface area (Å²) in [7, 11) is 0. The minimum Gasteiger partial charge on any atom is -0.481 e. The highest BCUT2D eigenvalue weighted by molar-refractivity contribution is 5.78. The Morgan fingerprint density at radius 3 is 2.29 bits per heavy atom. The molecular weight excluding hydrogens is 289 g/mol. The average Bonchev–Trinajstić information content (AvgIpc) is 2.35. The number of esters is 1. The first kappa shape index (κ1) is 17.0. The highest BCUT2D eigenvalue weighted by Gasteiger charge is 2.28. The van der Waals surface area contributed by atoms with Crippen LogP contribution in [0, 0.1) is 17.5 Å². The molecule has 1 aromatic carbocycles. The van der Waals surface area contributed by atoms with Crippen molar-refractivity contribution in [1.29, 1.82) is 0 Å². The first-order chi connectivity index (χ1) is 9.86. The SMILES string of the molecule is CCOC(=O)C(CCCC(=O)O)c1c(F)cc(F)cc1F. The van der Waals surface area contributed by atoms with Crippen LogP contribution in [0.5, 0.6) is 0 Å². The maximum Gasteiger partial charge on any atom is 0.313 e. The van der Waals surface area contributed by atoms with Gasteiger partial charge in [0.15, 0.2) is 0 Å². The van der Waals surface area contributed by atoms with Gasteiger partial charge in [0, 0.05) is 24.1 Å². The second-order valence-corrected chi connectivity index (χ2v) is 4.37. The third kappa shape index (κ3) is 4.77. The number of ether oxygens (including phenoxy) is 1. The Morgan fingerprint density at radius 2 is 1.81 bits per heavy atom. The number of aliphatic carboxylic acids is 1. The highest BCUT2D eigenvalue weighted by Crippen LogP contribution is 2.29. The molecule has 0 aliphatic heterocycles. The van der Waals surface area contributed by atoms with Crippen LogP contribution in [0.2, 0.25) is 0 Å². The average molecular weight is 304 g/mol. The number of halogens is 3. The lowest BCUT2D eigenvalue weighted by Gasteiger charge is -2.17. The van der Waals surface area contributed by atoms with Crippen LogP contribution in [-0.4, -0.2) is 23.7 Å². The van der Waals surface area contributed by atoms with Crippen LogP contribution in [0.25, 0.3) is 0 Å². The fraction of sp³-hybridized carbons (Fsp3) is 0.429. The third-order valence-electron chi connectivity index (χ3n) is 2.85. The van der Waals surface area contributed by atoms with E-state index in [0.29, 0.717) is 12.1 Å². The van der Waals surface area contributed by atoms with Gasteiger partial charge in [0.1, 0.15) is 17.5 Å². The molecule has 116 valence electrons. The Labute approximate surface area is 119 Å². The Balaban J connectivity index is 3.05. The van der Waals surface area contributed by atoms with Crippen LogP contribution in [0.1, 0.15) is 37.7 Å². The molecule has 0 bridgehead atoms. The van der Waals surface area contributed by atoms with Gasteiger partial charge < -0.3 is 9.84 Å². The molecule has 0 heterocycles. The van der Waals surface area contributed by atoms with Gasteiger partial charge in [-0.25, -0.2) is 13.2 Å². The van der Waals surface area contributed by atoms with Crippen molar-refractivity contribution in [2.45, 2.75) is 32.1 Å². The van der Waals surface area contributed by atoms with E-state index in [1.807, 2.05) is 0 Å². The van der Waals surface area contributed by atoms with Crippen molar-refractivity contribution in [3.63, 3.8) is 0 Å². The number of rotatable bonds is 7. The molecule has 1 rings (SSSR count). The van der Waals surface area contributed by atoms with E-state index >= 15 is 0 Å². The summed E-state index contributed by atoms with van der Waals surface area (Å²) in [5.74, 6) is -6.74. The molecule has 1 atom stereocenters. The second-order valence-electron chi connectivity index (χ2n) is 4.37. The van der Waals surface area contributed by atoms with E-state index in [9.17, 15) is 22.8 Å². The quantitative estimate of drug-likeness (QED) is 0.787. The van der Waals surface area contributed by atoms with Crippen LogP contribution >= 0.6 is 0 Å². The van der Waals surface area contributed by atoms with E-state index in [0.717, 1.165) is 0 Å². The first-order valence-corrected chi connectivity index (χ1v) is 6.39. The van der Waals surface area contributed by atoms with Crippen molar-refractivity contribution in [2.75, 3.05) is 6.61 Å². The van der Waals surface area contributed by atoms with Crippen molar-refractivity contribution in [1.82, 2.24) is 0 Å². The summed E-state index contributed by atoms with van der Waals surface area (Å²) in [6.07, 6.45) is -0.319. The number of carbonyl (C=O) groups excluding carboxylic acids is 1. The zero-order valence-corrected chi connectivity index (χ0v) is 11.4. The van der Waals surface area contributed by atoms with Crippen LogP contribution in [-0.2, 0) is 14.3 Å². The van der Waals surface area contributed by atoms with Crippen molar-refractivity contribution in [2.24, 2.45) is 0 Å². The number of hydrogen-bond donors (Lipinski definition) is 1. The van der Waals surface area contributed by atoms with Gasteiger partial charge in [0.05, 0.1) is 12.5 Å². The van der Waals surface area contributed by atoms with Gasteiger partial charge in [-0.1, -0.05) is 0 Å². The van der Waals surface area contributed by atoms with Crippen molar-refractivity contribution >= 4 is 11.9 Å². The van der Waals surface area contributed by atoms with Gasteiger partial charge >= 0.3 is 11.9 Å². The smallest absolute Gasteiger partial charge is 0.313 e. The normalized spacial score (nSPS) is 12.0. The van der Waals surface area contributed by atoms with E-state index in [2.05, 4.69) is 0 Å². The molecule has 1 aromatic rings. The minimum atomic E-state index is -1.30. The largest absolute Gasteiger partial charge is 0.481 e. The monoisotopic (exact) mass is 304 g/mol. The lowest BCUT2D eigenvalue weighted by molar-refractivity contribution is -0.146. The van der Waals surface area contributed by atoms with Crippen molar-refractivity contribution < 1.29 is 32.6 Å². The van der Waals surface area contributed by atoms with Crippen LogP contribution in [0.3, 0.4) is 0 Å². The van der Waals surface area contributed by atoms with Gasteiger partial charge in [-0.2, -0.15) is 0 Å². The summed E-state index contributed by atoms with van der Waals surface area (Å²) in [4.78, 5) is 22.3. The lowest BCUT2D eigenvalue weighted by atomic mass is 9.92. The van der Waals surface area contributed by atoms with Gasteiger partial charge in [-0.05, 0) is 19.8 Å². The summed E-state index contributed by atoms with van der Waals surface area (Å²) < 4.78 is 45.1. The molecular formula is C14H15F3O4. The molecule has 0 aromatic heterocycles. The van der Waals surface area contributed by atoms with E-state index in [4.69, 9.17) is 9.84 Å². The number of hydrogen-bond acceptors (Lipinski definition) is 3.